The Balaban J connectivity index is 2.65. The van der Waals surface area contributed by atoms with Gasteiger partial charge in [-0.2, -0.15) is 0 Å². The van der Waals surface area contributed by atoms with Crippen molar-refractivity contribution in [2.45, 2.75) is 6.92 Å². The molecule has 1 aromatic heterocycles. The van der Waals surface area contributed by atoms with E-state index in [1.54, 1.807) is 6.92 Å². The maximum absolute atomic E-state index is 11.8. The molecule has 2 nitrogen and oxygen atoms in total. The number of rotatable bonds is 0. The van der Waals surface area contributed by atoms with Gasteiger partial charge in [0, 0.05) is 0 Å². The predicted molar refractivity (Wildman–Crippen MR) is 64.7 cm³/mol. The van der Waals surface area contributed by atoms with E-state index < -0.39 is 0 Å². The molecule has 0 spiro atoms. The van der Waals surface area contributed by atoms with Crippen LogP contribution >= 0.6 is 0 Å². The molecule has 0 saturated heterocycles. The Bertz CT molecular complexity index is 738. The fraction of sp³-hybridized carbons (Fsp3) is 0.0714. The van der Waals surface area contributed by atoms with Gasteiger partial charge in [0.15, 0.2) is 0 Å². The lowest BCUT2D eigenvalue weighted by Gasteiger charge is -2.02. The van der Waals surface area contributed by atoms with Gasteiger partial charge in [0.25, 0.3) is 0 Å². The fourth-order valence-electron chi connectivity index (χ4n) is 2.08. The summed E-state index contributed by atoms with van der Waals surface area (Å²) in [6.07, 6.45) is 0. The zero-order chi connectivity index (χ0) is 11.1. The first-order valence-corrected chi connectivity index (χ1v) is 5.18. The summed E-state index contributed by atoms with van der Waals surface area (Å²) in [6, 6.07) is 13.7. The van der Waals surface area contributed by atoms with Gasteiger partial charge in [-0.3, -0.25) is 0 Å². The normalized spacial score (nSPS) is 11.1. The monoisotopic (exact) mass is 210 g/mol. The number of benzene rings is 2. The minimum absolute atomic E-state index is 0.258. The van der Waals surface area contributed by atoms with E-state index in [4.69, 9.17) is 4.42 Å². The molecule has 0 saturated carbocycles. The van der Waals surface area contributed by atoms with Gasteiger partial charge in [-0.25, -0.2) is 4.79 Å². The topological polar surface area (TPSA) is 30.2 Å². The number of hydrogen-bond donors (Lipinski definition) is 0. The average molecular weight is 210 g/mol. The van der Waals surface area contributed by atoms with Crippen LogP contribution < -0.4 is 5.63 Å². The molecule has 3 aromatic rings. The third-order valence-electron chi connectivity index (χ3n) is 2.78. The Morgan fingerprint density at radius 2 is 1.75 bits per heavy atom. The highest BCUT2D eigenvalue weighted by Gasteiger charge is 2.05. The van der Waals surface area contributed by atoms with Crippen molar-refractivity contribution < 1.29 is 4.42 Å². The second-order valence-corrected chi connectivity index (χ2v) is 3.90. The van der Waals surface area contributed by atoms with E-state index >= 15 is 0 Å². The van der Waals surface area contributed by atoms with Crippen molar-refractivity contribution in [3.05, 3.63) is 58.6 Å². The quantitative estimate of drug-likeness (QED) is 0.533. The van der Waals surface area contributed by atoms with Gasteiger partial charge in [0.05, 0.1) is 5.39 Å². The van der Waals surface area contributed by atoms with Gasteiger partial charge in [-0.15, -0.1) is 0 Å². The van der Waals surface area contributed by atoms with Crippen LogP contribution in [0.4, 0.5) is 0 Å². The summed E-state index contributed by atoms with van der Waals surface area (Å²) in [7, 11) is 0. The SMILES string of the molecule is Cc1cc2ccc3ccccc3c2c(=O)o1. The van der Waals surface area contributed by atoms with Crippen LogP contribution in [0.2, 0.25) is 0 Å². The number of hydrogen-bond acceptors (Lipinski definition) is 2. The van der Waals surface area contributed by atoms with E-state index in [-0.39, 0.29) is 5.63 Å². The second kappa shape index (κ2) is 3.20. The van der Waals surface area contributed by atoms with Gasteiger partial charge < -0.3 is 4.42 Å². The summed E-state index contributed by atoms with van der Waals surface area (Å²) in [6.45, 7) is 1.79. The molecule has 0 unspecified atom stereocenters. The van der Waals surface area contributed by atoms with Gasteiger partial charge >= 0.3 is 5.63 Å². The standard InChI is InChI=1S/C14H10O2/c1-9-8-11-7-6-10-4-2-3-5-12(10)13(11)14(15)16-9/h2-8H,1H3. The van der Waals surface area contributed by atoms with Crippen LogP contribution in [0.3, 0.4) is 0 Å². The molecular formula is C14H10O2. The van der Waals surface area contributed by atoms with Crippen LogP contribution in [0.25, 0.3) is 21.5 Å². The van der Waals surface area contributed by atoms with Crippen LogP contribution in [0.1, 0.15) is 5.76 Å². The van der Waals surface area contributed by atoms with Gasteiger partial charge in [0.1, 0.15) is 5.76 Å². The molecule has 0 radical (unpaired) electrons. The summed E-state index contributed by atoms with van der Waals surface area (Å²) in [5, 5.41) is 3.62. The Labute approximate surface area is 92.1 Å². The first-order valence-electron chi connectivity index (χ1n) is 5.18. The summed E-state index contributed by atoms with van der Waals surface area (Å²) in [5.41, 5.74) is -0.258. The fourth-order valence-corrected chi connectivity index (χ4v) is 2.08. The Kier molecular flexibility index (Phi) is 1.83. The van der Waals surface area contributed by atoms with Crippen molar-refractivity contribution in [1.29, 1.82) is 0 Å². The highest BCUT2D eigenvalue weighted by atomic mass is 16.4. The maximum atomic E-state index is 11.8. The minimum Gasteiger partial charge on any atom is -0.428 e. The van der Waals surface area contributed by atoms with Crippen molar-refractivity contribution in [3.63, 3.8) is 0 Å². The smallest absolute Gasteiger partial charge is 0.344 e. The molecule has 0 bridgehead atoms. The van der Waals surface area contributed by atoms with Crippen LogP contribution in [0, 0.1) is 6.92 Å². The lowest BCUT2D eigenvalue weighted by atomic mass is 10.0. The highest BCUT2D eigenvalue weighted by Crippen LogP contribution is 2.22. The van der Waals surface area contributed by atoms with Crippen molar-refractivity contribution in [3.8, 4) is 0 Å². The highest BCUT2D eigenvalue weighted by molar-refractivity contribution is 6.06. The Hall–Kier alpha value is -2.09. The average Bonchev–Trinajstić information content (AvgIpc) is 2.28. The van der Waals surface area contributed by atoms with E-state index in [0.29, 0.717) is 11.1 Å². The lowest BCUT2D eigenvalue weighted by Crippen LogP contribution is -2.00. The molecule has 16 heavy (non-hydrogen) atoms. The third-order valence-corrected chi connectivity index (χ3v) is 2.78. The van der Waals surface area contributed by atoms with Crippen LogP contribution in [-0.2, 0) is 0 Å². The van der Waals surface area contributed by atoms with E-state index in [1.807, 2.05) is 42.5 Å². The first-order chi connectivity index (χ1) is 7.75. The van der Waals surface area contributed by atoms with Crippen molar-refractivity contribution in [1.82, 2.24) is 0 Å². The molecule has 0 aliphatic heterocycles. The van der Waals surface area contributed by atoms with E-state index in [2.05, 4.69) is 0 Å². The molecule has 2 aromatic carbocycles. The number of fused-ring (bicyclic) bond motifs is 3. The molecular weight excluding hydrogens is 200 g/mol. The van der Waals surface area contributed by atoms with Crippen molar-refractivity contribution >= 4 is 21.5 Å². The molecule has 78 valence electrons. The lowest BCUT2D eigenvalue weighted by molar-refractivity contribution is 0.489. The molecule has 0 N–H and O–H groups in total. The number of aryl methyl sites for hydroxylation is 1. The molecule has 2 heteroatoms. The molecule has 0 fully saturated rings. The van der Waals surface area contributed by atoms with Crippen molar-refractivity contribution in [2.24, 2.45) is 0 Å². The molecule has 0 atom stereocenters. The van der Waals surface area contributed by atoms with Gasteiger partial charge in [-0.05, 0) is 29.1 Å². The second-order valence-electron chi connectivity index (χ2n) is 3.90. The van der Waals surface area contributed by atoms with E-state index in [0.717, 1.165) is 16.2 Å². The maximum Gasteiger partial charge on any atom is 0.344 e. The summed E-state index contributed by atoms with van der Waals surface area (Å²) < 4.78 is 5.14. The molecule has 1 heterocycles. The molecule has 0 aliphatic rings. The van der Waals surface area contributed by atoms with Crippen LogP contribution in [-0.4, -0.2) is 0 Å². The summed E-state index contributed by atoms with van der Waals surface area (Å²) in [4.78, 5) is 11.8. The first kappa shape index (κ1) is 9.16. The summed E-state index contributed by atoms with van der Waals surface area (Å²) in [5.74, 6) is 0.646. The zero-order valence-corrected chi connectivity index (χ0v) is 8.86. The summed E-state index contributed by atoms with van der Waals surface area (Å²) >= 11 is 0. The largest absolute Gasteiger partial charge is 0.428 e. The third kappa shape index (κ3) is 1.23. The van der Waals surface area contributed by atoms with E-state index in [1.165, 1.54) is 0 Å². The Morgan fingerprint density at radius 3 is 2.62 bits per heavy atom. The predicted octanol–water partition coefficient (Wildman–Crippen LogP) is 3.25. The van der Waals surface area contributed by atoms with Crippen LogP contribution in [0.15, 0.2) is 51.7 Å². The van der Waals surface area contributed by atoms with Crippen LogP contribution in [0.5, 0.6) is 0 Å². The molecule has 0 amide bonds. The van der Waals surface area contributed by atoms with Gasteiger partial charge in [0.2, 0.25) is 0 Å². The Morgan fingerprint density at radius 1 is 1.00 bits per heavy atom. The zero-order valence-electron chi connectivity index (χ0n) is 8.86. The van der Waals surface area contributed by atoms with Gasteiger partial charge in [-0.1, -0.05) is 36.4 Å². The molecule has 3 rings (SSSR count). The van der Waals surface area contributed by atoms with Crippen molar-refractivity contribution in [2.75, 3.05) is 0 Å². The van der Waals surface area contributed by atoms with E-state index in [9.17, 15) is 4.79 Å². The minimum atomic E-state index is -0.258. The molecule has 0 aliphatic carbocycles.